The van der Waals surface area contributed by atoms with Gasteiger partial charge in [0.2, 0.25) is 5.91 Å². The third-order valence-electron chi connectivity index (χ3n) is 7.07. The Kier molecular flexibility index (Phi) is 7.28. The van der Waals surface area contributed by atoms with Crippen LogP contribution in [0.25, 0.3) is 0 Å². The number of carbonyl (C=O) groups is 2. The highest BCUT2D eigenvalue weighted by molar-refractivity contribution is 6.04. The van der Waals surface area contributed by atoms with E-state index in [2.05, 4.69) is 22.1 Å². The predicted molar refractivity (Wildman–Crippen MR) is 128 cm³/mol. The van der Waals surface area contributed by atoms with Crippen LogP contribution in [0.2, 0.25) is 0 Å². The maximum absolute atomic E-state index is 14.5. The van der Waals surface area contributed by atoms with Crippen molar-refractivity contribution >= 4 is 17.5 Å². The monoisotopic (exact) mass is 468 g/mol. The van der Waals surface area contributed by atoms with E-state index in [1.165, 1.54) is 18.3 Å². The molecule has 34 heavy (non-hydrogen) atoms. The summed E-state index contributed by atoms with van der Waals surface area (Å²) in [4.78, 5) is 33.9. The molecule has 2 fully saturated rings. The largest absolute Gasteiger partial charge is 0.381 e. The molecule has 2 aliphatic rings. The first kappa shape index (κ1) is 24.3. The summed E-state index contributed by atoms with van der Waals surface area (Å²) in [7, 11) is 1.69. The lowest BCUT2D eigenvalue weighted by Crippen LogP contribution is -2.56. The molecule has 1 saturated heterocycles. The molecule has 2 heterocycles. The van der Waals surface area contributed by atoms with Crippen LogP contribution in [0.5, 0.6) is 0 Å². The van der Waals surface area contributed by atoms with Crippen LogP contribution in [0.1, 0.15) is 46.9 Å². The Hall–Kier alpha value is -2.84. The molecule has 182 valence electrons. The van der Waals surface area contributed by atoms with Crippen molar-refractivity contribution in [1.29, 1.82) is 0 Å². The zero-order valence-electron chi connectivity index (χ0n) is 20.3. The van der Waals surface area contributed by atoms with Crippen LogP contribution >= 0.6 is 0 Å². The van der Waals surface area contributed by atoms with Crippen LogP contribution in [-0.2, 0) is 16.1 Å². The Labute approximate surface area is 200 Å². The lowest BCUT2D eigenvalue weighted by Gasteiger charge is -2.44. The number of halogens is 1. The number of rotatable bonds is 6. The van der Waals surface area contributed by atoms with E-state index in [0.717, 1.165) is 42.8 Å². The molecule has 2 amide bonds. The Morgan fingerprint density at radius 3 is 2.62 bits per heavy atom. The molecule has 1 N–H and O–H groups in total. The molecule has 0 radical (unpaired) electrons. The van der Waals surface area contributed by atoms with Crippen molar-refractivity contribution in [2.24, 2.45) is 5.92 Å². The van der Waals surface area contributed by atoms with E-state index in [4.69, 9.17) is 4.74 Å². The molecule has 8 heteroatoms. The summed E-state index contributed by atoms with van der Waals surface area (Å²) >= 11 is 0. The number of methoxy groups -OCH3 is 1. The summed E-state index contributed by atoms with van der Waals surface area (Å²) in [6.07, 6.45) is 3.33. The number of nitrogens with zero attached hydrogens (tertiary/aromatic N) is 3. The third-order valence-corrected chi connectivity index (χ3v) is 7.07. The number of hydrogen-bond donors (Lipinski definition) is 1. The zero-order chi connectivity index (χ0) is 24.4. The zero-order valence-corrected chi connectivity index (χ0v) is 20.3. The maximum atomic E-state index is 14.5. The summed E-state index contributed by atoms with van der Waals surface area (Å²) in [5.74, 6) is -0.422. The highest BCUT2D eigenvalue weighted by atomic mass is 19.1. The quantitative estimate of drug-likeness (QED) is 0.702. The number of carbonyl (C=O) groups excluding carboxylic acids is 2. The SMILES string of the molecule is COC1CC(C(=O)N2CCN(Cc3cc(F)cc(NC(=O)c4ccc(C)nc4)c3C)C[C@@H]2C)C1. The minimum absolute atomic E-state index is 0.0688. The number of amides is 2. The highest BCUT2D eigenvalue weighted by Crippen LogP contribution is 2.32. The molecular weight excluding hydrogens is 435 g/mol. The molecule has 1 saturated carbocycles. The summed E-state index contributed by atoms with van der Waals surface area (Å²) in [5, 5.41) is 2.83. The van der Waals surface area contributed by atoms with Crippen molar-refractivity contribution in [1.82, 2.24) is 14.8 Å². The van der Waals surface area contributed by atoms with Gasteiger partial charge in [-0.25, -0.2) is 4.39 Å². The summed E-state index contributed by atoms with van der Waals surface area (Å²) < 4.78 is 19.8. The van der Waals surface area contributed by atoms with E-state index < -0.39 is 5.82 Å². The van der Waals surface area contributed by atoms with Gasteiger partial charge in [0, 0.05) is 62.8 Å². The van der Waals surface area contributed by atoms with Crippen molar-refractivity contribution in [3.05, 3.63) is 58.7 Å². The minimum atomic E-state index is -0.391. The van der Waals surface area contributed by atoms with Gasteiger partial charge in [-0.1, -0.05) is 0 Å². The van der Waals surface area contributed by atoms with Gasteiger partial charge in [-0.3, -0.25) is 19.5 Å². The lowest BCUT2D eigenvalue weighted by molar-refractivity contribution is -0.148. The van der Waals surface area contributed by atoms with Gasteiger partial charge in [0.1, 0.15) is 5.82 Å². The van der Waals surface area contributed by atoms with Crippen molar-refractivity contribution < 1.29 is 18.7 Å². The van der Waals surface area contributed by atoms with Crippen LogP contribution in [-0.4, -0.2) is 65.5 Å². The molecule has 7 nitrogen and oxygen atoms in total. The second-order valence-electron chi connectivity index (χ2n) is 9.52. The molecule has 1 atom stereocenters. The normalized spacial score (nSPS) is 22.9. The second kappa shape index (κ2) is 10.2. The minimum Gasteiger partial charge on any atom is -0.381 e. The first-order chi connectivity index (χ1) is 16.2. The van der Waals surface area contributed by atoms with Crippen LogP contribution in [0.3, 0.4) is 0 Å². The first-order valence-electron chi connectivity index (χ1n) is 11.8. The van der Waals surface area contributed by atoms with Crippen molar-refractivity contribution in [2.45, 2.75) is 52.3 Å². The molecule has 2 aromatic rings. The van der Waals surface area contributed by atoms with E-state index in [1.54, 1.807) is 19.2 Å². The van der Waals surface area contributed by atoms with Gasteiger partial charge in [-0.05, 0) is 69.0 Å². The fraction of sp³-hybridized carbons (Fsp3) is 0.500. The highest BCUT2D eigenvalue weighted by Gasteiger charge is 2.39. The number of piperazine rings is 1. The number of benzene rings is 1. The van der Waals surface area contributed by atoms with E-state index in [1.807, 2.05) is 18.7 Å². The molecular formula is C26H33FN4O3. The maximum Gasteiger partial charge on any atom is 0.257 e. The van der Waals surface area contributed by atoms with Crippen LogP contribution in [0.15, 0.2) is 30.5 Å². The molecule has 0 spiro atoms. The fourth-order valence-electron chi connectivity index (χ4n) is 4.77. The number of aryl methyl sites for hydroxylation is 1. The van der Waals surface area contributed by atoms with E-state index in [-0.39, 0.29) is 29.9 Å². The summed E-state index contributed by atoms with van der Waals surface area (Å²) in [6, 6.07) is 6.44. The number of hydrogen-bond acceptors (Lipinski definition) is 5. The molecule has 1 aliphatic carbocycles. The Balaban J connectivity index is 1.39. The molecule has 0 unspecified atom stereocenters. The molecule has 1 aliphatic heterocycles. The third kappa shape index (κ3) is 5.28. The van der Waals surface area contributed by atoms with Crippen molar-refractivity contribution in [3.63, 3.8) is 0 Å². The van der Waals surface area contributed by atoms with Crippen LogP contribution in [0.4, 0.5) is 10.1 Å². The van der Waals surface area contributed by atoms with E-state index in [0.29, 0.717) is 24.3 Å². The molecule has 1 aromatic heterocycles. The summed E-state index contributed by atoms with van der Waals surface area (Å²) in [5.41, 5.74) is 3.37. The van der Waals surface area contributed by atoms with Gasteiger partial charge >= 0.3 is 0 Å². The first-order valence-corrected chi connectivity index (χ1v) is 11.8. The molecule has 0 bridgehead atoms. The fourth-order valence-corrected chi connectivity index (χ4v) is 4.77. The molecule has 4 rings (SSSR count). The predicted octanol–water partition coefficient (Wildman–Crippen LogP) is 3.55. The summed E-state index contributed by atoms with van der Waals surface area (Å²) in [6.45, 7) is 8.47. The van der Waals surface area contributed by atoms with Gasteiger partial charge < -0.3 is 15.0 Å². The van der Waals surface area contributed by atoms with E-state index >= 15 is 0 Å². The Morgan fingerprint density at radius 2 is 1.97 bits per heavy atom. The van der Waals surface area contributed by atoms with Gasteiger partial charge in [0.25, 0.3) is 5.91 Å². The van der Waals surface area contributed by atoms with Crippen molar-refractivity contribution in [3.8, 4) is 0 Å². The Morgan fingerprint density at radius 1 is 1.21 bits per heavy atom. The van der Waals surface area contributed by atoms with Gasteiger partial charge in [-0.2, -0.15) is 0 Å². The lowest BCUT2D eigenvalue weighted by atomic mass is 9.81. The topological polar surface area (TPSA) is 74.8 Å². The smallest absolute Gasteiger partial charge is 0.257 e. The van der Waals surface area contributed by atoms with E-state index in [9.17, 15) is 14.0 Å². The number of anilines is 1. The number of pyridine rings is 1. The number of aromatic nitrogens is 1. The second-order valence-corrected chi connectivity index (χ2v) is 9.52. The standard InChI is InChI=1S/C26H33FN4O3/c1-16-5-6-19(13-28-16)25(32)29-24-12-22(27)9-21(18(24)3)15-30-7-8-31(17(2)14-30)26(33)20-10-23(11-20)34-4/h5-6,9,12-13,17,20,23H,7-8,10-11,14-15H2,1-4H3,(H,29,32)/t17-,20?,23?/m0/s1. The molecule has 1 aromatic carbocycles. The van der Waals surface area contributed by atoms with Gasteiger partial charge in [0.15, 0.2) is 0 Å². The Bertz CT molecular complexity index is 1050. The van der Waals surface area contributed by atoms with Crippen molar-refractivity contribution in [2.75, 3.05) is 32.1 Å². The van der Waals surface area contributed by atoms with Crippen LogP contribution in [0, 0.1) is 25.6 Å². The number of nitrogens with one attached hydrogen (secondary N) is 1. The number of ether oxygens (including phenoxy) is 1. The van der Waals surface area contributed by atoms with Gasteiger partial charge in [0.05, 0.1) is 11.7 Å². The average Bonchev–Trinajstić information content (AvgIpc) is 2.76. The average molecular weight is 469 g/mol. The van der Waals surface area contributed by atoms with Gasteiger partial charge in [-0.15, -0.1) is 0 Å². The van der Waals surface area contributed by atoms with Crippen LogP contribution < -0.4 is 5.32 Å².